The van der Waals surface area contributed by atoms with Gasteiger partial charge in [-0.15, -0.1) is 0 Å². The lowest BCUT2D eigenvalue weighted by atomic mass is 9.48. The van der Waals surface area contributed by atoms with Crippen LogP contribution in [-0.4, -0.2) is 40.6 Å². The Labute approximate surface area is 142 Å². The van der Waals surface area contributed by atoms with Crippen LogP contribution in [0.15, 0.2) is 0 Å². The summed E-state index contributed by atoms with van der Waals surface area (Å²) in [7, 11) is -6.40. The van der Waals surface area contributed by atoms with E-state index in [1.165, 1.54) is 0 Å². The van der Waals surface area contributed by atoms with Crippen LogP contribution in [0.3, 0.4) is 0 Å². The second-order valence-electron chi connectivity index (χ2n) is 7.93. The van der Waals surface area contributed by atoms with Crippen molar-refractivity contribution < 1.29 is 40.4 Å². The number of rotatable bonds is 5. The second-order valence-corrected chi connectivity index (χ2v) is 9.39. The summed E-state index contributed by atoms with van der Waals surface area (Å²) in [5.41, 5.74) is -1.50. The molecule has 0 saturated heterocycles. The summed E-state index contributed by atoms with van der Waals surface area (Å²) >= 11 is 0. The van der Waals surface area contributed by atoms with E-state index in [1.54, 1.807) is 0 Å². The topological polar surface area (TPSA) is 91.7 Å². The van der Waals surface area contributed by atoms with Gasteiger partial charge in [0.25, 0.3) is 0 Å². The number of alkyl halides is 4. The quantitative estimate of drug-likeness (QED) is 0.558. The summed E-state index contributed by atoms with van der Waals surface area (Å²) in [5, 5.41) is 5.00. The van der Waals surface area contributed by atoms with Crippen LogP contribution in [0.2, 0.25) is 0 Å². The van der Waals surface area contributed by atoms with Gasteiger partial charge in [-0.25, -0.2) is 0 Å². The summed E-state index contributed by atoms with van der Waals surface area (Å²) in [6, 6.07) is 0. The zero-order chi connectivity index (χ0) is 19.0. The van der Waals surface area contributed by atoms with Crippen molar-refractivity contribution in [3.05, 3.63) is 0 Å². The molecular weight excluding hydrogens is 368 g/mol. The lowest BCUT2D eigenvalue weighted by molar-refractivity contribution is -0.210. The van der Waals surface area contributed by atoms with Gasteiger partial charge in [-0.1, -0.05) is 0 Å². The zero-order valence-electron chi connectivity index (χ0n) is 13.5. The van der Waals surface area contributed by atoms with E-state index in [9.17, 15) is 35.9 Å². The van der Waals surface area contributed by atoms with E-state index >= 15 is 0 Å². The van der Waals surface area contributed by atoms with Crippen molar-refractivity contribution in [1.29, 1.82) is 0 Å². The van der Waals surface area contributed by atoms with Gasteiger partial charge in [-0.2, -0.15) is 26.0 Å². The molecule has 4 aliphatic carbocycles. The molecule has 0 aromatic heterocycles. The summed E-state index contributed by atoms with van der Waals surface area (Å²) in [6.45, 7) is 0.524. The first-order valence-corrected chi connectivity index (χ1v) is 9.63. The summed E-state index contributed by atoms with van der Waals surface area (Å²) in [4.78, 5) is 12.6. The highest BCUT2D eigenvalue weighted by molar-refractivity contribution is 7.87. The van der Waals surface area contributed by atoms with Crippen molar-refractivity contribution in [2.45, 2.75) is 55.8 Å². The van der Waals surface area contributed by atoms with Gasteiger partial charge in [0.2, 0.25) is 0 Å². The number of halogens is 4. The Hall–Kier alpha value is -0.740. The van der Waals surface area contributed by atoms with Crippen molar-refractivity contribution >= 4 is 15.9 Å². The van der Waals surface area contributed by atoms with E-state index in [0.717, 1.165) is 6.42 Å². The Balaban J connectivity index is 1.90. The van der Waals surface area contributed by atoms with Gasteiger partial charge in [0.1, 0.15) is 5.78 Å². The molecule has 0 heterocycles. The number of Topliss-reactive ketones (excluding diaryl/α,β-unsaturated/α-hetero) is 1. The molecule has 5 nitrogen and oxygen atoms in total. The third kappa shape index (κ3) is 2.63. The molecule has 0 spiro atoms. The Morgan fingerprint density at radius 3 is 2.00 bits per heavy atom. The van der Waals surface area contributed by atoms with E-state index in [1.807, 2.05) is 0 Å². The molecule has 25 heavy (non-hydrogen) atoms. The fourth-order valence-electron chi connectivity index (χ4n) is 5.37. The molecule has 0 aromatic carbocycles. The fraction of sp³-hybridized carbons (Fsp3) is 0.933. The van der Waals surface area contributed by atoms with Crippen LogP contribution >= 0.6 is 0 Å². The first kappa shape index (κ1) is 19.0. The molecule has 4 fully saturated rings. The predicted molar refractivity (Wildman–Crippen MR) is 77.6 cm³/mol. The first-order chi connectivity index (χ1) is 11.2. The van der Waals surface area contributed by atoms with Gasteiger partial charge in [-0.05, 0) is 56.8 Å². The Morgan fingerprint density at radius 1 is 1.12 bits per heavy atom. The molecule has 0 radical (unpaired) electrons. The lowest BCUT2D eigenvalue weighted by Gasteiger charge is -2.58. The van der Waals surface area contributed by atoms with Crippen LogP contribution in [0.1, 0.15) is 39.0 Å². The van der Waals surface area contributed by atoms with Crippen LogP contribution in [-0.2, 0) is 14.9 Å². The van der Waals surface area contributed by atoms with Gasteiger partial charge >= 0.3 is 21.3 Å². The monoisotopic (exact) mass is 388 g/mol. The van der Waals surface area contributed by atoms with Crippen molar-refractivity contribution in [2.75, 3.05) is 0 Å². The normalized spacial score (nSPS) is 39.5. The number of carbonyl (C=O) groups is 1. The largest absolute Gasteiger partial charge is 0.432 e. The highest BCUT2D eigenvalue weighted by atomic mass is 32.2. The Morgan fingerprint density at radius 2 is 1.60 bits per heavy atom. The molecule has 0 aromatic rings. The highest BCUT2D eigenvalue weighted by Crippen LogP contribution is 2.60. The number of hydrogen-bond acceptors (Lipinski definition) is 4. The standard InChI is InChI=1S/C15H20F4O5S/c1-7(14(16,17)15(18,19)25(22,23)24)12(20)11-10-3-8-2-9(4-10)6-13(11,21)5-8/h7-11,21H,2-6H2,1H3,(H,22,23,24). The van der Waals surface area contributed by atoms with Crippen molar-refractivity contribution in [3.8, 4) is 0 Å². The minimum atomic E-state index is -6.40. The Bertz CT molecular complexity index is 678. The first-order valence-electron chi connectivity index (χ1n) is 8.19. The molecular formula is C15H20F4O5S. The molecule has 4 bridgehead atoms. The summed E-state index contributed by atoms with van der Waals surface area (Å²) in [5.74, 6) is -10.4. The minimum Gasteiger partial charge on any atom is -0.389 e. The molecule has 144 valence electrons. The van der Waals surface area contributed by atoms with Gasteiger partial charge in [0.05, 0.1) is 11.5 Å². The number of carbonyl (C=O) groups excluding carboxylic acids is 1. The van der Waals surface area contributed by atoms with Gasteiger partial charge in [0.15, 0.2) is 0 Å². The molecule has 4 aliphatic rings. The SMILES string of the molecule is CC(C(=O)C1C2CC3CC(C2)CC1(O)C3)C(F)(F)C(F)(F)S(=O)(=O)O. The summed E-state index contributed by atoms with van der Waals surface area (Å²) < 4.78 is 85.1. The van der Waals surface area contributed by atoms with Crippen LogP contribution in [0.5, 0.6) is 0 Å². The fourth-order valence-corrected chi connectivity index (χ4v) is 5.89. The molecule has 4 rings (SSSR count). The van der Waals surface area contributed by atoms with Gasteiger partial charge < -0.3 is 5.11 Å². The number of ketones is 1. The highest BCUT2D eigenvalue weighted by Gasteiger charge is 2.71. The number of hydrogen-bond donors (Lipinski definition) is 2. The van der Waals surface area contributed by atoms with E-state index in [2.05, 4.69) is 0 Å². The molecule has 4 unspecified atom stereocenters. The van der Waals surface area contributed by atoms with E-state index in [4.69, 9.17) is 4.55 Å². The maximum Gasteiger partial charge on any atom is 0.432 e. The molecule has 0 amide bonds. The van der Waals surface area contributed by atoms with Crippen molar-refractivity contribution in [2.24, 2.45) is 29.6 Å². The molecule has 10 heteroatoms. The molecule has 4 atom stereocenters. The Kier molecular flexibility index (Phi) is 4.10. The van der Waals surface area contributed by atoms with E-state index in [0.29, 0.717) is 19.8 Å². The third-order valence-electron chi connectivity index (χ3n) is 6.26. The van der Waals surface area contributed by atoms with Crippen LogP contribution < -0.4 is 0 Å². The minimum absolute atomic E-state index is 0.196. The third-order valence-corrected chi connectivity index (χ3v) is 7.18. The van der Waals surface area contributed by atoms with E-state index in [-0.39, 0.29) is 30.6 Å². The van der Waals surface area contributed by atoms with E-state index < -0.39 is 44.5 Å². The van der Waals surface area contributed by atoms with Crippen LogP contribution in [0, 0.1) is 29.6 Å². The van der Waals surface area contributed by atoms with Gasteiger partial charge in [0, 0.05) is 5.92 Å². The average Bonchev–Trinajstić information content (AvgIpc) is 2.42. The lowest BCUT2D eigenvalue weighted by Crippen LogP contribution is -2.62. The van der Waals surface area contributed by atoms with Crippen molar-refractivity contribution in [3.63, 3.8) is 0 Å². The maximum absolute atomic E-state index is 14.1. The summed E-state index contributed by atoms with van der Waals surface area (Å²) in [6.07, 6.45) is 2.59. The van der Waals surface area contributed by atoms with Gasteiger partial charge in [-0.3, -0.25) is 9.35 Å². The number of aliphatic hydroxyl groups is 1. The second kappa shape index (κ2) is 5.39. The average molecular weight is 388 g/mol. The predicted octanol–water partition coefficient (Wildman–Crippen LogP) is 2.49. The van der Waals surface area contributed by atoms with Crippen LogP contribution in [0.4, 0.5) is 17.6 Å². The molecule has 0 aliphatic heterocycles. The molecule has 4 saturated carbocycles. The van der Waals surface area contributed by atoms with Crippen molar-refractivity contribution in [1.82, 2.24) is 0 Å². The maximum atomic E-state index is 14.1. The van der Waals surface area contributed by atoms with Crippen LogP contribution in [0.25, 0.3) is 0 Å². The smallest absolute Gasteiger partial charge is 0.389 e. The zero-order valence-corrected chi connectivity index (χ0v) is 14.3. The molecule has 2 N–H and O–H groups in total.